The van der Waals surface area contributed by atoms with E-state index in [4.69, 9.17) is 9.47 Å². The van der Waals surface area contributed by atoms with Crippen molar-refractivity contribution < 1.29 is 19.1 Å². The van der Waals surface area contributed by atoms with Crippen molar-refractivity contribution in [3.63, 3.8) is 0 Å². The van der Waals surface area contributed by atoms with Crippen LogP contribution >= 0.6 is 15.9 Å². The highest BCUT2D eigenvalue weighted by atomic mass is 79.9. The van der Waals surface area contributed by atoms with Crippen LogP contribution in [-0.4, -0.2) is 60.8 Å². The molecule has 26 heavy (non-hydrogen) atoms. The molecular weight excluding hydrogens is 402 g/mol. The lowest BCUT2D eigenvalue weighted by molar-refractivity contribution is -0.222. The standard InChI is InChI=1S/C18H22BrN3O4/c1-18(2)25-16(23)14(17(24)26-18)15(22-10-8-21(3)9-11-22)20-13-6-4-12(19)5-7-13/h4-7,20H,8-11H2,1-3H3. The molecule has 2 heterocycles. The van der Waals surface area contributed by atoms with E-state index >= 15 is 0 Å². The number of benzene rings is 1. The molecule has 0 unspecified atom stereocenters. The van der Waals surface area contributed by atoms with E-state index in [9.17, 15) is 9.59 Å². The zero-order chi connectivity index (χ0) is 18.9. The summed E-state index contributed by atoms with van der Waals surface area (Å²) >= 11 is 3.40. The molecule has 7 nitrogen and oxygen atoms in total. The molecule has 0 aliphatic carbocycles. The first-order valence-electron chi connectivity index (χ1n) is 8.42. The summed E-state index contributed by atoms with van der Waals surface area (Å²) in [5.74, 6) is -2.19. The minimum Gasteiger partial charge on any atom is -0.419 e. The predicted molar refractivity (Wildman–Crippen MR) is 100 cm³/mol. The van der Waals surface area contributed by atoms with Crippen LogP contribution in [0.25, 0.3) is 0 Å². The monoisotopic (exact) mass is 423 g/mol. The van der Waals surface area contributed by atoms with Gasteiger partial charge in [-0.05, 0) is 31.3 Å². The van der Waals surface area contributed by atoms with E-state index < -0.39 is 17.7 Å². The highest BCUT2D eigenvalue weighted by molar-refractivity contribution is 9.10. The maximum atomic E-state index is 12.5. The molecule has 0 bridgehead atoms. The number of nitrogens with one attached hydrogen (secondary N) is 1. The van der Waals surface area contributed by atoms with Gasteiger partial charge in [-0.15, -0.1) is 0 Å². The SMILES string of the molecule is CN1CCN(C(Nc2ccc(Br)cc2)=C2C(=O)OC(C)(C)OC2=O)CC1. The van der Waals surface area contributed by atoms with Crippen LogP contribution in [-0.2, 0) is 19.1 Å². The zero-order valence-corrected chi connectivity index (χ0v) is 16.6. The fraction of sp³-hybridized carbons (Fsp3) is 0.444. The van der Waals surface area contributed by atoms with Gasteiger partial charge in [0.1, 0.15) is 5.82 Å². The summed E-state index contributed by atoms with van der Waals surface area (Å²) in [4.78, 5) is 29.3. The molecule has 0 aromatic heterocycles. The summed E-state index contributed by atoms with van der Waals surface area (Å²) in [6.45, 7) is 6.10. The third kappa shape index (κ3) is 4.19. The van der Waals surface area contributed by atoms with Crippen LogP contribution in [0, 0.1) is 0 Å². The van der Waals surface area contributed by atoms with Gasteiger partial charge in [-0.3, -0.25) is 0 Å². The van der Waals surface area contributed by atoms with Gasteiger partial charge >= 0.3 is 11.9 Å². The number of ether oxygens (including phenoxy) is 2. The van der Waals surface area contributed by atoms with E-state index in [0.717, 1.165) is 23.2 Å². The number of halogens is 1. The van der Waals surface area contributed by atoms with Crippen LogP contribution in [0.2, 0.25) is 0 Å². The van der Waals surface area contributed by atoms with Gasteiger partial charge in [0, 0.05) is 50.2 Å². The van der Waals surface area contributed by atoms with E-state index in [1.54, 1.807) is 0 Å². The Bertz CT molecular complexity index is 715. The Morgan fingerprint density at radius 2 is 1.58 bits per heavy atom. The summed E-state index contributed by atoms with van der Waals surface area (Å²) in [5, 5.41) is 3.21. The number of carbonyl (C=O) groups is 2. The van der Waals surface area contributed by atoms with Gasteiger partial charge in [0.15, 0.2) is 5.57 Å². The molecular formula is C18H22BrN3O4. The molecule has 0 spiro atoms. The van der Waals surface area contributed by atoms with Gasteiger partial charge in [-0.25, -0.2) is 9.59 Å². The summed E-state index contributed by atoms with van der Waals surface area (Å²) < 4.78 is 11.5. The normalized spacial score (nSPS) is 20.5. The molecule has 2 aliphatic heterocycles. The fourth-order valence-electron chi connectivity index (χ4n) is 2.85. The lowest BCUT2D eigenvalue weighted by Crippen LogP contribution is -2.48. The molecule has 0 radical (unpaired) electrons. The van der Waals surface area contributed by atoms with E-state index in [-0.39, 0.29) is 5.57 Å². The molecule has 1 aromatic rings. The van der Waals surface area contributed by atoms with Crippen molar-refractivity contribution in [2.75, 3.05) is 38.5 Å². The fourth-order valence-corrected chi connectivity index (χ4v) is 3.11. The molecule has 1 N–H and O–H groups in total. The van der Waals surface area contributed by atoms with Gasteiger partial charge in [-0.2, -0.15) is 0 Å². The summed E-state index contributed by atoms with van der Waals surface area (Å²) in [6, 6.07) is 7.50. The van der Waals surface area contributed by atoms with Crippen LogP contribution in [0.15, 0.2) is 40.1 Å². The van der Waals surface area contributed by atoms with E-state index in [1.165, 1.54) is 13.8 Å². The molecule has 2 aliphatic rings. The first-order valence-corrected chi connectivity index (χ1v) is 9.21. The van der Waals surface area contributed by atoms with Crippen molar-refractivity contribution in [1.82, 2.24) is 9.80 Å². The Kier molecular flexibility index (Phi) is 5.24. The number of carbonyl (C=O) groups excluding carboxylic acids is 2. The highest BCUT2D eigenvalue weighted by Gasteiger charge is 2.42. The second kappa shape index (κ2) is 7.28. The van der Waals surface area contributed by atoms with Crippen molar-refractivity contribution in [2.45, 2.75) is 19.6 Å². The smallest absolute Gasteiger partial charge is 0.352 e. The number of esters is 2. The van der Waals surface area contributed by atoms with Crippen LogP contribution < -0.4 is 5.32 Å². The largest absolute Gasteiger partial charge is 0.419 e. The minimum atomic E-state index is -1.26. The molecule has 0 atom stereocenters. The van der Waals surface area contributed by atoms with Gasteiger partial charge in [-0.1, -0.05) is 15.9 Å². The lowest BCUT2D eigenvalue weighted by atomic mass is 10.1. The maximum absolute atomic E-state index is 12.5. The van der Waals surface area contributed by atoms with Gasteiger partial charge in [0.25, 0.3) is 5.79 Å². The molecule has 2 fully saturated rings. The van der Waals surface area contributed by atoms with Crippen molar-refractivity contribution >= 4 is 33.6 Å². The molecule has 8 heteroatoms. The van der Waals surface area contributed by atoms with Crippen LogP contribution in [0.5, 0.6) is 0 Å². The van der Waals surface area contributed by atoms with E-state index in [2.05, 4.69) is 26.1 Å². The maximum Gasteiger partial charge on any atom is 0.352 e. The first-order chi connectivity index (χ1) is 12.2. The summed E-state index contributed by atoms with van der Waals surface area (Å²) in [5.41, 5.74) is 0.664. The van der Waals surface area contributed by atoms with Crippen molar-refractivity contribution in [3.05, 3.63) is 40.1 Å². The Morgan fingerprint density at radius 1 is 1.04 bits per heavy atom. The quantitative estimate of drug-likeness (QED) is 0.453. The van der Waals surface area contributed by atoms with Crippen molar-refractivity contribution in [1.29, 1.82) is 0 Å². The Balaban J connectivity index is 1.97. The van der Waals surface area contributed by atoms with Gasteiger partial charge < -0.3 is 24.6 Å². The number of anilines is 1. The van der Waals surface area contributed by atoms with Crippen LogP contribution in [0.1, 0.15) is 13.8 Å². The summed E-state index contributed by atoms with van der Waals surface area (Å²) in [7, 11) is 2.04. The van der Waals surface area contributed by atoms with Crippen LogP contribution in [0.3, 0.4) is 0 Å². The molecule has 3 rings (SSSR count). The summed E-state index contributed by atoms with van der Waals surface area (Å²) in [6.07, 6.45) is 0. The Hall–Kier alpha value is -2.06. The second-order valence-corrected chi connectivity index (χ2v) is 7.74. The third-order valence-corrected chi connectivity index (χ3v) is 4.78. The van der Waals surface area contributed by atoms with Crippen molar-refractivity contribution in [3.8, 4) is 0 Å². The van der Waals surface area contributed by atoms with Crippen molar-refractivity contribution in [2.24, 2.45) is 0 Å². The van der Waals surface area contributed by atoms with Gasteiger partial charge in [0.05, 0.1) is 0 Å². The number of piperazine rings is 1. The number of rotatable bonds is 3. The van der Waals surface area contributed by atoms with Gasteiger partial charge in [0.2, 0.25) is 0 Å². The minimum absolute atomic E-state index is 0.100. The van der Waals surface area contributed by atoms with Crippen LogP contribution in [0.4, 0.5) is 5.69 Å². The molecule has 140 valence electrons. The molecule has 0 amide bonds. The average Bonchev–Trinajstić information content (AvgIpc) is 2.55. The molecule has 1 aromatic carbocycles. The topological polar surface area (TPSA) is 71.1 Å². The Morgan fingerprint density at radius 3 is 2.12 bits per heavy atom. The lowest BCUT2D eigenvalue weighted by Gasteiger charge is -2.38. The number of nitrogens with zero attached hydrogens (tertiary/aromatic N) is 2. The highest BCUT2D eigenvalue weighted by Crippen LogP contribution is 2.27. The average molecular weight is 424 g/mol. The molecule has 0 saturated carbocycles. The number of hydrogen-bond acceptors (Lipinski definition) is 7. The number of cyclic esters (lactones) is 2. The first kappa shape index (κ1) is 18.7. The molecule has 2 saturated heterocycles. The zero-order valence-electron chi connectivity index (χ0n) is 15.0. The number of hydrogen-bond donors (Lipinski definition) is 1. The predicted octanol–water partition coefficient (Wildman–Crippen LogP) is 2.16. The van der Waals surface area contributed by atoms with E-state index in [0.29, 0.717) is 18.9 Å². The third-order valence-electron chi connectivity index (χ3n) is 4.25. The van der Waals surface area contributed by atoms with E-state index in [1.807, 2.05) is 36.2 Å². The number of likely N-dealkylation sites (N-methyl/N-ethyl adjacent to an activating group) is 1. The second-order valence-electron chi connectivity index (χ2n) is 6.82. The Labute approximate surface area is 161 Å².